The quantitative estimate of drug-likeness (QED) is 0.758. The maximum absolute atomic E-state index is 12.1. The van der Waals surface area contributed by atoms with Crippen molar-refractivity contribution in [3.63, 3.8) is 0 Å². The van der Waals surface area contributed by atoms with Crippen molar-refractivity contribution in [2.75, 3.05) is 18.4 Å². The van der Waals surface area contributed by atoms with Crippen molar-refractivity contribution in [3.8, 4) is 0 Å². The van der Waals surface area contributed by atoms with Crippen molar-refractivity contribution in [2.45, 2.75) is 70.4 Å². The highest BCUT2D eigenvalue weighted by Gasteiger charge is 2.23. The van der Waals surface area contributed by atoms with Crippen LogP contribution in [0.15, 0.2) is 5.38 Å². The van der Waals surface area contributed by atoms with Crippen LogP contribution in [0.3, 0.4) is 0 Å². The summed E-state index contributed by atoms with van der Waals surface area (Å²) in [6, 6.07) is 0.332. The molecule has 2 fully saturated rings. The lowest BCUT2D eigenvalue weighted by Crippen LogP contribution is -2.44. The van der Waals surface area contributed by atoms with E-state index in [1.165, 1.54) is 11.3 Å². The molecule has 0 spiro atoms. The Balaban J connectivity index is 1.45. The number of nitrogens with zero attached hydrogens (tertiary/aromatic N) is 2. The van der Waals surface area contributed by atoms with Crippen molar-refractivity contribution in [2.24, 2.45) is 5.73 Å². The smallest absolute Gasteiger partial charge is 0.321 e. The molecule has 4 N–H and O–H groups in total. The maximum Gasteiger partial charge on any atom is 0.321 e. The van der Waals surface area contributed by atoms with Gasteiger partial charge in [-0.05, 0) is 39.5 Å². The lowest BCUT2D eigenvalue weighted by molar-refractivity contribution is -0.0707. The number of ether oxygens (including phenoxy) is 1. The van der Waals surface area contributed by atoms with Gasteiger partial charge < -0.3 is 15.8 Å². The van der Waals surface area contributed by atoms with E-state index in [-0.39, 0.29) is 30.3 Å². The second kappa shape index (κ2) is 8.44. The third kappa shape index (κ3) is 5.64. The molecule has 7 nitrogen and oxygen atoms in total. The van der Waals surface area contributed by atoms with Gasteiger partial charge in [0.05, 0.1) is 17.9 Å². The molecular formula is C17H29N5O2S. The highest BCUT2D eigenvalue weighted by molar-refractivity contribution is 7.13. The predicted octanol–water partition coefficient (Wildman–Crippen LogP) is 2.14. The van der Waals surface area contributed by atoms with Gasteiger partial charge in [0.1, 0.15) is 0 Å². The van der Waals surface area contributed by atoms with E-state index in [1.807, 2.05) is 5.38 Å². The number of nitrogens with two attached hydrogens (primary N) is 1. The largest absolute Gasteiger partial charge is 0.373 e. The number of thiazole rings is 1. The van der Waals surface area contributed by atoms with E-state index in [9.17, 15) is 4.79 Å². The average Bonchev–Trinajstić information content (AvgIpc) is 2.95. The molecule has 2 aliphatic rings. The van der Waals surface area contributed by atoms with Crippen LogP contribution >= 0.6 is 11.3 Å². The topological polar surface area (TPSA) is 92.5 Å². The Labute approximate surface area is 153 Å². The van der Waals surface area contributed by atoms with Crippen molar-refractivity contribution >= 4 is 22.5 Å². The van der Waals surface area contributed by atoms with Crippen LogP contribution in [0.25, 0.3) is 0 Å². The number of anilines is 1. The third-order valence-corrected chi connectivity index (χ3v) is 5.57. The van der Waals surface area contributed by atoms with E-state index < -0.39 is 0 Å². The zero-order chi connectivity index (χ0) is 17.8. The lowest BCUT2D eigenvalue weighted by atomic mass is 9.92. The van der Waals surface area contributed by atoms with E-state index in [1.54, 1.807) is 0 Å². The van der Waals surface area contributed by atoms with Gasteiger partial charge in [0, 0.05) is 37.1 Å². The van der Waals surface area contributed by atoms with Crippen LogP contribution in [-0.2, 0) is 11.3 Å². The first-order valence-electron chi connectivity index (χ1n) is 9.13. The summed E-state index contributed by atoms with van der Waals surface area (Å²) >= 11 is 1.47. The van der Waals surface area contributed by atoms with E-state index in [0.29, 0.717) is 5.13 Å². The molecule has 1 saturated heterocycles. The number of carbonyl (C=O) groups excluding carboxylic acids is 1. The van der Waals surface area contributed by atoms with E-state index in [2.05, 4.69) is 34.4 Å². The van der Waals surface area contributed by atoms with Gasteiger partial charge in [-0.2, -0.15) is 0 Å². The molecule has 140 valence electrons. The van der Waals surface area contributed by atoms with E-state index in [0.717, 1.165) is 51.0 Å². The molecule has 1 aromatic rings. The first-order valence-corrected chi connectivity index (χ1v) is 10.0. The number of hydrogen-bond donors (Lipinski definition) is 3. The molecule has 0 aromatic carbocycles. The Kier molecular flexibility index (Phi) is 6.27. The molecule has 1 aliphatic heterocycles. The molecule has 1 aliphatic carbocycles. The summed E-state index contributed by atoms with van der Waals surface area (Å²) in [5.41, 5.74) is 6.89. The van der Waals surface area contributed by atoms with Crippen molar-refractivity contribution < 1.29 is 9.53 Å². The fourth-order valence-electron chi connectivity index (χ4n) is 3.66. The van der Waals surface area contributed by atoms with Gasteiger partial charge in [-0.15, -0.1) is 11.3 Å². The van der Waals surface area contributed by atoms with Crippen molar-refractivity contribution in [1.29, 1.82) is 0 Å². The van der Waals surface area contributed by atoms with Gasteiger partial charge in [-0.1, -0.05) is 0 Å². The minimum Gasteiger partial charge on any atom is -0.373 e. The normalized spacial score (nSPS) is 30.8. The Morgan fingerprint density at radius 1 is 1.32 bits per heavy atom. The Morgan fingerprint density at radius 2 is 2.00 bits per heavy atom. The molecule has 0 bridgehead atoms. The number of rotatable bonds is 4. The van der Waals surface area contributed by atoms with Crippen molar-refractivity contribution in [3.05, 3.63) is 11.1 Å². The molecule has 2 unspecified atom stereocenters. The molecule has 0 radical (unpaired) electrons. The fourth-order valence-corrected chi connectivity index (χ4v) is 4.36. The van der Waals surface area contributed by atoms with Crippen LogP contribution in [0.4, 0.5) is 9.93 Å². The highest BCUT2D eigenvalue weighted by atomic mass is 32.1. The van der Waals surface area contributed by atoms with Gasteiger partial charge in [-0.25, -0.2) is 9.78 Å². The summed E-state index contributed by atoms with van der Waals surface area (Å²) < 4.78 is 5.76. The Bertz CT molecular complexity index is 563. The van der Waals surface area contributed by atoms with Crippen LogP contribution in [0.5, 0.6) is 0 Å². The minimum atomic E-state index is -0.171. The highest BCUT2D eigenvalue weighted by Crippen LogP contribution is 2.20. The Morgan fingerprint density at radius 3 is 2.68 bits per heavy atom. The van der Waals surface area contributed by atoms with Gasteiger partial charge in [0.25, 0.3) is 0 Å². The molecule has 8 heteroatoms. The summed E-state index contributed by atoms with van der Waals surface area (Å²) in [5.74, 6) is 0. The molecule has 1 aromatic heterocycles. The SMILES string of the molecule is CC1CN(Cc2csc(NC(=O)NC3CCC(N)CC3)n2)CC(C)O1. The van der Waals surface area contributed by atoms with Crippen LogP contribution in [0.2, 0.25) is 0 Å². The number of urea groups is 1. The summed E-state index contributed by atoms with van der Waals surface area (Å²) in [7, 11) is 0. The monoisotopic (exact) mass is 367 g/mol. The third-order valence-electron chi connectivity index (χ3n) is 4.76. The number of carbonyl (C=O) groups is 1. The zero-order valence-electron chi connectivity index (χ0n) is 15.0. The number of amides is 2. The summed E-state index contributed by atoms with van der Waals surface area (Å²) in [5, 5.41) is 8.54. The molecule has 2 heterocycles. The molecule has 25 heavy (non-hydrogen) atoms. The van der Waals surface area contributed by atoms with Gasteiger partial charge in [-0.3, -0.25) is 10.2 Å². The van der Waals surface area contributed by atoms with Gasteiger partial charge in [0.15, 0.2) is 5.13 Å². The number of morpholine rings is 1. The number of aromatic nitrogens is 1. The lowest BCUT2D eigenvalue weighted by Gasteiger charge is -2.34. The van der Waals surface area contributed by atoms with Crippen LogP contribution < -0.4 is 16.4 Å². The van der Waals surface area contributed by atoms with Crippen LogP contribution in [-0.4, -0.2) is 53.3 Å². The zero-order valence-corrected chi connectivity index (χ0v) is 15.8. The van der Waals surface area contributed by atoms with Gasteiger partial charge >= 0.3 is 6.03 Å². The molecule has 2 amide bonds. The maximum atomic E-state index is 12.1. The first kappa shape index (κ1) is 18.6. The van der Waals surface area contributed by atoms with E-state index in [4.69, 9.17) is 10.5 Å². The summed E-state index contributed by atoms with van der Waals surface area (Å²) in [4.78, 5) is 19.0. The summed E-state index contributed by atoms with van der Waals surface area (Å²) in [6.07, 6.45) is 4.34. The average molecular weight is 368 g/mol. The summed E-state index contributed by atoms with van der Waals surface area (Å²) in [6.45, 7) is 6.81. The second-order valence-electron chi connectivity index (χ2n) is 7.31. The van der Waals surface area contributed by atoms with Crippen molar-refractivity contribution in [1.82, 2.24) is 15.2 Å². The Hall–Kier alpha value is -1.22. The first-order chi connectivity index (χ1) is 12.0. The minimum absolute atomic E-state index is 0.171. The predicted molar refractivity (Wildman–Crippen MR) is 99.8 cm³/mol. The van der Waals surface area contributed by atoms with Gasteiger partial charge in [0.2, 0.25) is 0 Å². The number of nitrogens with one attached hydrogen (secondary N) is 2. The fraction of sp³-hybridized carbons (Fsp3) is 0.765. The van der Waals surface area contributed by atoms with E-state index >= 15 is 0 Å². The molecule has 2 atom stereocenters. The number of hydrogen-bond acceptors (Lipinski definition) is 6. The molecule has 1 saturated carbocycles. The van der Waals surface area contributed by atoms with Crippen LogP contribution in [0.1, 0.15) is 45.2 Å². The molecule has 3 rings (SSSR count). The standard InChI is InChI=1S/C17H29N5O2S/c1-11-7-22(8-12(2)24-11)9-15-10-25-17(20-15)21-16(23)19-14-5-3-13(18)4-6-14/h10-14H,3-9,18H2,1-2H3,(H2,19,20,21,23). The van der Waals surface area contributed by atoms with Crippen LogP contribution in [0, 0.1) is 0 Å². The second-order valence-corrected chi connectivity index (χ2v) is 8.16. The molecular weight excluding hydrogens is 338 g/mol.